The van der Waals surface area contributed by atoms with Gasteiger partial charge in [0, 0.05) is 12.2 Å². The molecule has 0 aliphatic carbocycles. The molecule has 1 spiro atoms. The molecule has 3 heteroatoms. The van der Waals surface area contributed by atoms with Crippen LogP contribution in [0.1, 0.15) is 48.9 Å². The lowest BCUT2D eigenvalue weighted by Gasteiger charge is -2.35. The highest BCUT2D eigenvalue weighted by atomic mass is 16.2. The number of rotatable bonds is 6. The predicted molar refractivity (Wildman–Crippen MR) is 126 cm³/mol. The van der Waals surface area contributed by atoms with Crippen molar-refractivity contribution in [1.29, 1.82) is 0 Å². The van der Waals surface area contributed by atoms with Gasteiger partial charge in [0.15, 0.2) is 0 Å². The fourth-order valence-electron chi connectivity index (χ4n) is 5.61. The summed E-state index contributed by atoms with van der Waals surface area (Å²) >= 11 is 0. The van der Waals surface area contributed by atoms with Crippen molar-refractivity contribution in [3.05, 3.63) is 102 Å². The zero-order chi connectivity index (χ0) is 21.3. The van der Waals surface area contributed by atoms with Gasteiger partial charge in [-0.2, -0.15) is 0 Å². The Morgan fingerprint density at radius 1 is 0.903 bits per heavy atom. The number of amides is 1. The summed E-state index contributed by atoms with van der Waals surface area (Å²) in [4.78, 5) is 18.9. The van der Waals surface area contributed by atoms with Crippen LogP contribution >= 0.6 is 0 Å². The summed E-state index contributed by atoms with van der Waals surface area (Å²) in [5.74, 6) is 0.255. The molecule has 3 nitrogen and oxygen atoms in total. The molecule has 0 aromatic heterocycles. The monoisotopic (exact) mass is 410 g/mol. The van der Waals surface area contributed by atoms with E-state index < -0.39 is 5.41 Å². The summed E-state index contributed by atoms with van der Waals surface area (Å²) in [5.41, 5.74) is 4.18. The minimum atomic E-state index is -0.513. The lowest BCUT2D eigenvalue weighted by atomic mass is 9.72. The largest absolute Gasteiger partial charge is 0.307 e. The van der Waals surface area contributed by atoms with Crippen molar-refractivity contribution in [2.45, 2.75) is 44.2 Å². The number of nitrogens with zero attached hydrogens (tertiary/aromatic N) is 2. The Bertz CT molecular complexity index is 1050. The molecule has 2 aliphatic heterocycles. The first-order chi connectivity index (χ1) is 15.3. The molecular weight excluding hydrogens is 380 g/mol. The van der Waals surface area contributed by atoms with Gasteiger partial charge in [-0.25, -0.2) is 0 Å². The van der Waals surface area contributed by atoms with Gasteiger partial charge in [-0.05, 0) is 42.1 Å². The van der Waals surface area contributed by atoms with E-state index >= 15 is 0 Å². The summed E-state index contributed by atoms with van der Waals surface area (Å²) in [5, 5.41) is 0. The summed E-state index contributed by atoms with van der Waals surface area (Å²) in [6, 6.07) is 29.6. The molecule has 2 atom stereocenters. The van der Waals surface area contributed by atoms with Gasteiger partial charge in [-0.15, -0.1) is 0 Å². The number of anilines is 1. The molecule has 0 radical (unpaired) electrons. The Kier molecular flexibility index (Phi) is 5.37. The lowest BCUT2D eigenvalue weighted by molar-refractivity contribution is -0.124. The fourth-order valence-corrected chi connectivity index (χ4v) is 5.61. The molecule has 0 unspecified atom stereocenters. The number of unbranched alkanes of at least 4 members (excludes halogenated alkanes) is 1. The van der Waals surface area contributed by atoms with Crippen LogP contribution in [0.25, 0.3) is 0 Å². The molecule has 1 amide bonds. The molecule has 1 saturated heterocycles. The summed E-state index contributed by atoms with van der Waals surface area (Å²) < 4.78 is 0. The zero-order valence-electron chi connectivity index (χ0n) is 18.2. The van der Waals surface area contributed by atoms with E-state index in [-0.39, 0.29) is 11.9 Å². The van der Waals surface area contributed by atoms with Crippen LogP contribution in [0, 0.1) is 0 Å². The predicted octanol–water partition coefficient (Wildman–Crippen LogP) is 5.72. The Hall–Kier alpha value is -2.91. The zero-order valence-corrected chi connectivity index (χ0v) is 18.2. The highest BCUT2D eigenvalue weighted by molar-refractivity contribution is 6.09. The number of benzene rings is 3. The first-order valence-electron chi connectivity index (χ1n) is 11.5. The topological polar surface area (TPSA) is 23.6 Å². The van der Waals surface area contributed by atoms with Crippen LogP contribution in [0.2, 0.25) is 0 Å². The van der Waals surface area contributed by atoms with E-state index in [0.717, 1.165) is 38.0 Å². The van der Waals surface area contributed by atoms with Crippen LogP contribution in [-0.2, 0) is 16.8 Å². The number of carbonyl (C=O) groups is 1. The third-order valence-corrected chi connectivity index (χ3v) is 7.03. The van der Waals surface area contributed by atoms with Gasteiger partial charge in [0.2, 0.25) is 5.91 Å². The average Bonchev–Trinajstić information content (AvgIpc) is 3.32. The molecule has 2 heterocycles. The fraction of sp³-hybridized carbons (Fsp3) is 0.321. The Morgan fingerprint density at radius 3 is 2.32 bits per heavy atom. The number of para-hydroxylation sites is 1. The molecular formula is C28H30N2O. The number of carbonyl (C=O) groups excluding carboxylic acids is 1. The molecule has 0 bridgehead atoms. The maximum absolute atomic E-state index is 14.3. The number of hydrogen-bond donors (Lipinski definition) is 0. The van der Waals surface area contributed by atoms with Crippen molar-refractivity contribution in [3.63, 3.8) is 0 Å². The van der Waals surface area contributed by atoms with Gasteiger partial charge in [-0.1, -0.05) is 92.2 Å². The molecule has 0 N–H and O–H groups in total. The van der Waals surface area contributed by atoms with Crippen LogP contribution in [-0.4, -0.2) is 23.9 Å². The molecule has 1 fully saturated rings. The summed E-state index contributed by atoms with van der Waals surface area (Å²) in [7, 11) is 0. The van der Waals surface area contributed by atoms with E-state index in [1.54, 1.807) is 0 Å². The first-order valence-corrected chi connectivity index (χ1v) is 11.5. The third kappa shape index (κ3) is 3.28. The van der Waals surface area contributed by atoms with Crippen molar-refractivity contribution in [3.8, 4) is 0 Å². The maximum atomic E-state index is 14.3. The minimum absolute atomic E-state index is 0.0784. The highest BCUT2D eigenvalue weighted by Crippen LogP contribution is 2.56. The van der Waals surface area contributed by atoms with Crippen molar-refractivity contribution >= 4 is 11.6 Å². The second-order valence-corrected chi connectivity index (χ2v) is 8.82. The van der Waals surface area contributed by atoms with Crippen molar-refractivity contribution in [2.75, 3.05) is 18.0 Å². The third-order valence-electron chi connectivity index (χ3n) is 7.03. The summed E-state index contributed by atoms with van der Waals surface area (Å²) in [6.45, 7) is 4.85. The van der Waals surface area contributed by atoms with Crippen molar-refractivity contribution < 1.29 is 4.79 Å². The van der Waals surface area contributed by atoms with Crippen LogP contribution < -0.4 is 4.90 Å². The number of likely N-dealkylation sites (tertiary alicyclic amines) is 1. The van der Waals surface area contributed by atoms with Gasteiger partial charge in [0.05, 0.1) is 18.0 Å². The minimum Gasteiger partial charge on any atom is -0.307 e. The molecule has 0 saturated carbocycles. The highest BCUT2D eigenvalue weighted by Gasteiger charge is 2.60. The molecule has 31 heavy (non-hydrogen) atoms. The maximum Gasteiger partial charge on any atom is 0.240 e. The van der Waals surface area contributed by atoms with E-state index in [1.165, 1.54) is 16.7 Å². The smallest absolute Gasteiger partial charge is 0.240 e. The summed E-state index contributed by atoms with van der Waals surface area (Å²) in [6.07, 6.45) is 3.19. The van der Waals surface area contributed by atoms with E-state index in [0.29, 0.717) is 6.54 Å². The quantitative estimate of drug-likeness (QED) is 0.519. The van der Waals surface area contributed by atoms with Gasteiger partial charge >= 0.3 is 0 Å². The second kappa shape index (κ2) is 8.32. The first kappa shape index (κ1) is 20.0. The lowest BCUT2D eigenvalue weighted by Crippen LogP contribution is -2.44. The second-order valence-electron chi connectivity index (χ2n) is 8.82. The molecule has 5 rings (SSSR count). The number of fused-ring (bicyclic) bond motifs is 2. The number of hydrogen-bond acceptors (Lipinski definition) is 2. The molecule has 2 aliphatic rings. The molecule has 3 aromatic carbocycles. The Morgan fingerprint density at radius 2 is 1.58 bits per heavy atom. The van der Waals surface area contributed by atoms with E-state index in [4.69, 9.17) is 0 Å². The van der Waals surface area contributed by atoms with Crippen molar-refractivity contribution in [2.24, 2.45) is 0 Å². The average molecular weight is 411 g/mol. The normalized spacial score (nSPS) is 22.9. The van der Waals surface area contributed by atoms with E-state index in [2.05, 4.69) is 78.6 Å². The molecule has 3 aromatic rings. The Labute approximate surface area is 185 Å². The van der Waals surface area contributed by atoms with Gasteiger partial charge in [0.1, 0.15) is 0 Å². The standard InChI is InChI=1S/C28H30N2O/c1-2-3-19-29-20-18-28(26(29)23-14-8-5-9-15-23)24-16-10-11-17-25(24)30(27(28)31)21-22-12-6-4-7-13-22/h4-17,26H,2-3,18-21H2,1H3/t26-,28+/m1/s1. The van der Waals surface area contributed by atoms with Crippen LogP contribution in [0.15, 0.2) is 84.9 Å². The van der Waals surface area contributed by atoms with Crippen LogP contribution in [0.5, 0.6) is 0 Å². The van der Waals surface area contributed by atoms with Crippen LogP contribution in [0.3, 0.4) is 0 Å². The molecule has 158 valence electrons. The van der Waals surface area contributed by atoms with E-state index in [1.807, 2.05) is 23.1 Å². The SMILES string of the molecule is CCCCN1CC[C@@]2(C(=O)N(Cc3ccccc3)c3ccccc32)[C@H]1c1ccccc1. The van der Waals surface area contributed by atoms with Crippen LogP contribution in [0.4, 0.5) is 5.69 Å². The van der Waals surface area contributed by atoms with Gasteiger partial charge in [-0.3, -0.25) is 9.69 Å². The van der Waals surface area contributed by atoms with E-state index in [9.17, 15) is 4.79 Å². The van der Waals surface area contributed by atoms with Gasteiger partial charge < -0.3 is 4.90 Å². The Balaban J connectivity index is 1.62. The van der Waals surface area contributed by atoms with Crippen molar-refractivity contribution in [1.82, 2.24) is 4.90 Å². The van der Waals surface area contributed by atoms with Gasteiger partial charge in [0.25, 0.3) is 0 Å².